The van der Waals surface area contributed by atoms with Gasteiger partial charge in [-0.25, -0.2) is 0 Å². The molecule has 0 saturated carbocycles. The Kier molecular flexibility index (Phi) is 2.34. The van der Waals surface area contributed by atoms with Crippen LogP contribution < -0.4 is 0 Å². The summed E-state index contributed by atoms with van der Waals surface area (Å²) in [6, 6.07) is 0. The molecule has 0 aromatic carbocycles. The summed E-state index contributed by atoms with van der Waals surface area (Å²) in [5, 5.41) is 0. The van der Waals surface area contributed by atoms with Crippen molar-refractivity contribution in [3.8, 4) is 0 Å². The number of hydrogen-bond donors (Lipinski definition) is 1. The second-order valence-corrected chi connectivity index (χ2v) is 3.54. The van der Waals surface area contributed by atoms with Gasteiger partial charge in [-0.2, -0.15) is 0 Å². The van der Waals surface area contributed by atoms with Gasteiger partial charge in [0.05, 0.1) is 0 Å². The summed E-state index contributed by atoms with van der Waals surface area (Å²) in [5.41, 5.74) is 0. The SMILES string of the molecule is [Li][CH](C)S(=O)(=O)O. The average Bonchev–Trinajstić information content (AvgIpc) is 1.31. The molecule has 0 spiro atoms. The van der Waals surface area contributed by atoms with Gasteiger partial charge in [0.15, 0.2) is 0 Å². The first-order valence-corrected chi connectivity index (χ1v) is 3.41. The fraction of sp³-hybridized carbons (Fsp3) is 1.00. The van der Waals surface area contributed by atoms with Crippen molar-refractivity contribution in [2.45, 2.75) is 10.8 Å². The molecule has 0 radical (unpaired) electrons. The van der Waals surface area contributed by atoms with E-state index in [1.54, 1.807) is 0 Å². The number of hydrogen-bond acceptors (Lipinski definition) is 2. The second-order valence-electron chi connectivity index (χ2n) is 1.56. The van der Waals surface area contributed by atoms with E-state index >= 15 is 0 Å². The molecule has 0 amide bonds. The molecule has 0 bridgehead atoms. The molecular weight excluding hydrogens is 111 g/mol. The third-order valence-corrected chi connectivity index (χ3v) is 1.79. The van der Waals surface area contributed by atoms with E-state index in [4.69, 9.17) is 4.55 Å². The van der Waals surface area contributed by atoms with E-state index in [2.05, 4.69) is 0 Å². The molecule has 5 heteroatoms. The van der Waals surface area contributed by atoms with Crippen LogP contribution >= 0.6 is 0 Å². The van der Waals surface area contributed by atoms with Crippen molar-refractivity contribution in [3.05, 3.63) is 0 Å². The molecule has 0 aromatic heterocycles. The molecule has 0 aliphatic rings. The summed E-state index contributed by atoms with van der Waals surface area (Å²) < 4.78 is 27.2. The Morgan fingerprint density at radius 1 is 1.71 bits per heavy atom. The fourth-order valence-corrected chi connectivity index (χ4v) is 0. The van der Waals surface area contributed by atoms with Gasteiger partial charge in [-0.05, 0) is 0 Å². The van der Waals surface area contributed by atoms with Crippen LogP contribution in [0, 0.1) is 0 Å². The van der Waals surface area contributed by atoms with E-state index in [1.165, 1.54) is 24.6 Å². The molecule has 0 aliphatic heterocycles. The van der Waals surface area contributed by atoms with Crippen LogP contribution in [0.15, 0.2) is 0 Å². The zero-order chi connectivity index (χ0) is 6.08. The van der Waals surface area contributed by atoms with Crippen molar-refractivity contribution in [1.82, 2.24) is 0 Å². The van der Waals surface area contributed by atoms with E-state index in [0.717, 1.165) is 0 Å². The van der Waals surface area contributed by atoms with Crippen LogP contribution in [0.3, 0.4) is 0 Å². The Bertz CT molecular complexity index is 135. The Hall–Kier alpha value is 0.507. The van der Waals surface area contributed by atoms with Crippen LogP contribution in [0.1, 0.15) is 6.92 Å². The summed E-state index contributed by atoms with van der Waals surface area (Å²) >= 11 is 1.41. The normalized spacial score (nSPS) is 16.6. The molecular formula is C2H5LiO3S. The van der Waals surface area contributed by atoms with Gasteiger partial charge in [-0.15, -0.1) is 0 Å². The third kappa shape index (κ3) is 3.12. The summed E-state index contributed by atoms with van der Waals surface area (Å²) in [6.07, 6.45) is 0. The van der Waals surface area contributed by atoms with E-state index < -0.39 is 14.0 Å². The molecule has 0 aliphatic carbocycles. The quantitative estimate of drug-likeness (QED) is 0.367. The molecule has 38 valence electrons. The Balaban J connectivity index is 4.10. The van der Waals surface area contributed by atoms with Gasteiger partial charge in [0.25, 0.3) is 0 Å². The maximum absolute atomic E-state index is 9.89. The summed E-state index contributed by atoms with van der Waals surface area (Å²) in [7, 11) is -3.74. The van der Waals surface area contributed by atoms with Gasteiger partial charge >= 0.3 is 51.7 Å². The van der Waals surface area contributed by atoms with Crippen LogP contribution in [0.4, 0.5) is 0 Å². The van der Waals surface area contributed by atoms with Crippen molar-refractivity contribution in [3.63, 3.8) is 0 Å². The topological polar surface area (TPSA) is 54.4 Å². The van der Waals surface area contributed by atoms with Crippen LogP contribution in [0.2, 0.25) is 0 Å². The van der Waals surface area contributed by atoms with Gasteiger partial charge in [-0.3, -0.25) is 0 Å². The van der Waals surface area contributed by atoms with Crippen molar-refractivity contribution in [2.75, 3.05) is 0 Å². The minimum absolute atomic E-state index is 0.674. The fourth-order valence-electron chi connectivity index (χ4n) is 0. The molecule has 1 N–H and O–H groups in total. The van der Waals surface area contributed by atoms with Gasteiger partial charge < -0.3 is 0 Å². The summed E-state index contributed by atoms with van der Waals surface area (Å²) in [5.74, 6) is 0. The van der Waals surface area contributed by atoms with Crippen molar-refractivity contribution >= 4 is 27.8 Å². The Morgan fingerprint density at radius 2 is 1.86 bits per heavy atom. The second kappa shape index (κ2) is 2.18. The molecule has 0 aromatic rings. The first-order chi connectivity index (χ1) is 2.94. The maximum atomic E-state index is 9.89. The Morgan fingerprint density at radius 3 is 1.86 bits per heavy atom. The van der Waals surface area contributed by atoms with Gasteiger partial charge in [0.2, 0.25) is 0 Å². The predicted molar refractivity (Wildman–Crippen MR) is 26.8 cm³/mol. The van der Waals surface area contributed by atoms with Crippen molar-refractivity contribution in [1.29, 1.82) is 0 Å². The van der Waals surface area contributed by atoms with Crippen LogP contribution in [-0.2, 0) is 10.1 Å². The summed E-state index contributed by atoms with van der Waals surface area (Å²) in [6.45, 7) is 1.41. The molecule has 0 fully saturated rings. The summed E-state index contributed by atoms with van der Waals surface area (Å²) in [4.78, 5) is 0. The molecule has 0 saturated heterocycles. The molecule has 7 heavy (non-hydrogen) atoms. The molecule has 1 atom stereocenters. The van der Waals surface area contributed by atoms with Crippen molar-refractivity contribution in [2.24, 2.45) is 0 Å². The van der Waals surface area contributed by atoms with E-state index in [-0.39, 0.29) is 0 Å². The zero-order valence-corrected chi connectivity index (χ0v) is 5.07. The van der Waals surface area contributed by atoms with Crippen LogP contribution in [0.5, 0.6) is 0 Å². The molecule has 3 nitrogen and oxygen atoms in total. The molecule has 0 heterocycles. The molecule has 1 unspecified atom stereocenters. The Labute approximate surface area is 52.1 Å². The van der Waals surface area contributed by atoms with E-state index in [9.17, 15) is 8.42 Å². The number of rotatable bonds is 1. The molecule has 0 rings (SSSR count). The standard InChI is InChI=1S/C2H5O3S.Li/c1-2-6(3,4)5;/h2H,1H3,(H,3,4,5);. The minimum atomic E-state index is -3.74. The predicted octanol–water partition coefficient (Wildman–Crippen LogP) is -0.611. The average molecular weight is 116 g/mol. The zero-order valence-electron chi connectivity index (χ0n) is 4.25. The van der Waals surface area contributed by atoms with Gasteiger partial charge in [0.1, 0.15) is 0 Å². The van der Waals surface area contributed by atoms with E-state index in [0.29, 0.717) is 0 Å². The monoisotopic (exact) mass is 116 g/mol. The third-order valence-electron chi connectivity index (χ3n) is 0.596. The van der Waals surface area contributed by atoms with Gasteiger partial charge in [-0.1, -0.05) is 0 Å². The first-order valence-electron chi connectivity index (χ1n) is 1.91. The van der Waals surface area contributed by atoms with E-state index in [1.807, 2.05) is 0 Å². The first kappa shape index (κ1) is 7.51. The van der Waals surface area contributed by atoms with Gasteiger partial charge in [0, 0.05) is 0 Å². The van der Waals surface area contributed by atoms with Crippen molar-refractivity contribution < 1.29 is 13.0 Å². The van der Waals surface area contributed by atoms with Crippen LogP contribution in [0.25, 0.3) is 0 Å². The van der Waals surface area contributed by atoms with Crippen LogP contribution in [-0.4, -0.2) is 34.6 Å².